The summed E-state index contributed by atoms with van der Waals surface area (Å²) in [6.45, 7) is 5.59. The molecule has 3 rings (SSSR count). The first-order valence-electron chi connectivity index (χ1n) is 10.4. The Hall–Kier alpha value is -3.10. The van der Waals surface area contributed by atoms with Gasteiger partial charge in [0.05, 0.1) is 19.5 Å². The van der Waals surface area contributed by atoms with Crippen molar-refractivity contribution in [3.63, 3.8) is 0 Å². The van der Waals surface area contributed by atoms with Gasteiger partial charge in [-0.05, 0) is 44.5 Å². The van der Waals surface area contributed by atoms with Crippen LogP contribution in [0.3, 0.4) is 0 Å². The monoisotopic (exact) mass is 474 g/mol. The summed E-state index contributed by atoms with van der Waals surface area (Å²) in [5.74, 6) is 0.366. The van der Waals surface area contributed by atoms with Crippen LogP contribution >= 0.6 is 11.6 Å². The lowest BCUT2D eigenvalue weighted by molar-refractivity contribution is -0.159. The van der Waals surface area contributed by atoms with Crippen molar-refractivity contribution in [1.29, 1.82) is 0 Å². The van der Waals surface area contributed by atoms with Crippen molar-refractivity contribution >= 4 is 17.6 Å². The number of hydrogen-bond donors (Lipinski definition) is 0. The lowest BCUT2D eigenvalue weighted by Gasteiger charge is -2.25. The summed E-state index contributed by atoms with van der Waals surface area (Å²) >= 11 is 6.26. The first-order chi connectivity index (χ1) is 15.6. The van der Waals surface area contributed by atoms with Crippen LogP contribution in [0.2, 0.25) is 5.02 Å². The molecule has 0 aliphatic carbocycles. The quantitative estimate of drug-likeness (QED) is 0.435. The molecule has 8 nitrogen and oxygen atoms in total. The van der Waals surface area contributed by atoms with Crippen LogP contribution in [0.5, 0.6) is 5.75 Å². The third-order valence-electron chi connectivity index (χ3n) is 4.84. The van der Waals surface area contributed by atoms with E-state index in [-0.39, 0.29) is 13.0 Å². The highest BCUT2D eigenvalue weighted by Gasteiger charge is 2.28. The Morgan fingerprint density at radius 2 is 1.94 bits per heavy atom. The van der Waals surface area contributed by atoms with Gasteiger partial charge in [0.25, 0.3) is 5.56 Å². The molecule has 0 amide bonds. The number of esters is 1. The van der Waals surface area contributed by atoms with Crippen LogP contribution in [-0.2, 0) is 14.3 Å². The summed E-state index contributed by atoms with van der Waals surface area (Å²) in [6.07, 6.45) is 4.66. The zero-order chi connectivity index (χ0) is 24.2. The van der Waals surface area contributed by atoms with Gasteiger partial charge >= 0.3 is 5.97 Å². The molecule has 0 bridgehead atoms. The lowest BCUT2D eigenvalue weighted by Crippen LogP contribution is -2.35. The van der Waals surface area contributed by atoms with E-state index in [0.717, 1.165) is 0 Å². The van der Waals surface area contributed by atoms with Gasteiger partial charge in [-0.15, -0.1) is 0 Å². The Labute approximate surface area is 197 Å². The maximum atomic E-state index is 13.2. The predicted molar refractivity (Wildman–Crippen MR) is 125 cm³/mol. The van der Waals surface area contributed by atoms with Gasteiger partial charge in [-0.25, -0.2) is 9.78 Å². The number of aromatic nitrogens is 2. The van der Waals surface area contributed by atoms with Gasteiger partial charge in [-0.1, -0.05) is 11.6 Å². The highest BCUT2D eigenvalue weighted by atomic mass is 35.5. The van der Waals surface area contributed by atoms with Gasteiger partial charge in [0.15, 0.2) is 12.2 Å². The summed E-state index contributed by atoms with van der Waals surface area (Å²) in [5.41, 5.74) is 0.716. The van der Waals surface area contributed by atoms with E-state index in [1.165, 1.54) is 37.4 Å². The largest absolute Gasteiger partial charge is 0.495 e. The number of ether oxygens (including phenoxy) is 3. The van der Waals surface area contributed by atoms with Crippen molar-refractivity contribution in [1.82, 2.24) is 9.55 Å². The van der Waals surface area contributed by atoms with Gasteiger partial charge < -0.3 is 18.6 Å². The van der Waals surface area contributed by atoms with E-state index in [9.17, 15) is 9.59 Å². The molecule has 0 aliphatic heterocycles. The van der Waals surface area contributed by atoms with E-state index in [0.29, 0.717) is 33.2 Å². The van der Waals surface area contributed by atoms with Crippen molar-refractivity contribution in [2.75, 3.05) is 20.8 Å². The van der Waals surface area contributed by atoms with Crippen LogP contribution in [0.1, 0.15) is 33.2 Å². The average molecular weight is 475 g/mol. The van der Waals surface area contributed by atoms with Gasteiger partial charge in [-0.3, -0.25) is 9.36 Å². The molecule has 0 radical (unpaired) electrons. The van der Waals surface area contributed by atoms with Gasteiger partial charge in [-0.2, -0.15) is 0 Å². The van der Waals surface area contributed by atoms with E-state index in [1.54, 1.807) is 45.2 Å². The Balaban J connectivity index is 2.14. The minimum Gasteiger partial charge on any atom is -0.495 e. The predicted octanol–water partition coefficient (Wildman–Crippen LogP) is 4.75. The molecule has 9 heteroatoms. The normalized spacial score (nSPS) is 12.4. The molecule has 0 saturated carbocycles. The molecular weight excluding hydrogens is 448 g/mol. The molecule has 176 valence electrons. The van der Waals surface area contributed by atoms with E-state index in [2.05, 4.69) is 4.98 Å². The lowest BCUT2D eigenvalue weighted by atomic mass is 9.98. The Bertz CT molecular complexity index is 1160. The molecule has 1 unspecified atom stereocenters. The highest BCUT2D eigenvalue weighted by molar-refractivity contribution is 6.31. The van der Waals surface area contributed by atoms with Gasteiger partial charge in [0, 0.05) is 42.4 Å². The number of carbonyl (C=O) groups is 1. The Morgan fingerprint density at radius 1 is 1.18 bits per heavy atom. The SMILES string of the molecule is COCCC(C(=O)OC(C)(C)C)n1cc(OC)c(-c2cc(Cl)ccc2-c2cnco2)cc1=O. The third kappa shape index (κ3) is 5.83. The van der Waals surface area contributed by atoms with Crippen LogP contribution in [0, 0.1) is 0 Å². The topological polar surface area (TPSA) is 92.8 Å². The number of hydrogen-bond acceptors (Lipinski definition) is 7. The smallest absolute Gasteiger partial charge is 0.329 e. The fraction of sp³-hybridized carbons (Fsp3) is 0.375. The molecule has 1 atom stereocenters. The second kappa shape index (κ2) is 10.2. The summed E-state index contributed by atoms with van der Waals surface area (Å²) in [6, 6.07) is 5.75. The fourth-order valence-corrected chi connectivity index (χ4v) is 3.59. The van der Waals surface area contributed by atoms with Crippen molar-refractivity contribution in [3.05, 3.63) is 58.4 Å². The molecule has 0 fully saturated rings. The molecule has 2 heterocycles. The Kier molecular flexibility index (Phi) is 7.61. The van der Waals surface area contributed by atoms with Crippen molar-refractivity contribution in [2.24, 2.45) is 0 Å². The number of carbonyl (C=O) groups excluding carboxylic acids is 1. The number of rotatable bonds is 8. The number of oxazole rings is 1. The van der Waals surface area contributed by atoms with Crippen LogP contribution in [0.25, 0.3) is 22.5 Å². The molecule has 0 saturated heterocycles. The minimum atomic E-state index is -0.882. The highest BCUT2D eigenvalue weighted by Crippen LogP contribution is 2.38. The van der Waals surface area contributed by atoms with Gasteiger partial charge in [0.2, 0.25) is 0 Å². The number of nitrogens with zero attached hydrogens (tertiary/aromatic N) is 2. The van der Waals surface area contributed by atoms with Gasteiger partial charge in [0.1, 0.15) is 17.4 Å². The minimum absolute atomic E-state index is 0.258. The molecule has 0 aliphatic rings. The molecule has 33 heavy (non-hydrogen) atoms. The number of methoxy groups -OCH3 is 2. The summed E-state index contributed by atoms with van der Waals surface area (Å²) in [7, 11) is 3.02. The van der Waals surface area contributed by atoms with E-state index in [1.807, 2.05) is 0 Å². The summed E-state index contributed by atoms with van der Waals surface area (Å²) in [4.78, 5) is 30.1. The van der Waals surface area contributed by atoms with Crippen molar-refractivity contribution in [2.45, 2.75) is 38.8 Å². The second-order valence-electron chi connectivity index (χ2n) is 8.39. The zero-order valence-corrected chi connectivity index (χ0v) is 20.0. The number of halogens is 1. The standard InChI is InChI=1S/C24H27ClN2O6/c1-24(2,3)33-23(29)19(8-9-30-4)27-13-21(31-5)18(11-22(27)28)17-10-15(25)6-7-16(17)20-12-26-14-32-20/h6-7,10-14,19H,8-9H2,1-5H3. The molecule has 2 aromatic heterocycles. The first-order valence-corrected chi connectivity index (χ1v) is 10.7. The summed E-state index contributed by atoms with van der Waals surface area (Å²) in [5, 5.41) is 0.478. The van der Waals surface area contributed by atoms with E-state index >= 15 is 0 Å². The second-order valence-corrected chi connectivity index (χ2v) is 8.82. The van der Waals surface area contributed by atoms with E-state index < -0.39 is 23.2 Å². The molecule has 1 aromatic carbocycles. The molecule has 0 spiro atoms. The van der Waals surface area contributed by atoms with Crippen LogP contribution < -0.4 is 10.3 Å². The maximum Gasteiger partial charge on any atom is 0.329 e. The molecule has 0 N–H and O–H groups in total. The maximum absolute atomic E-state index is 13.2. The summed E-state index contributed by atoms with van der Waals surface area (Å²) < 4.78 is 23.1. The fourth-order valence-electron chi connectivity index (χ4n) is 3.42. The number of pyridine rings is 1. The number of benzene rings is 1. The van der Waals surface area contributed by atoms with Crippen molar-refractivity contribution in [3.8, 4) is 28.2 Å². The molecule has 3 aromatic rings. The third-order valence-corrected chi connectivity index (χ3v) is 5.08. The Morgan fingerprint density at radius 3 is 2.55 bits per heavy atom. The van der Waals surface area contributed by atoms with Crippen LogP contribution in [-0.4, -0.2) is 41.9 Å². The van der Waals surface area contributed by atoms with Crippen molar-refractivity contribution < 1.29 is 23.4 Å². The average Bonchev–Trinajstić information content (AvgIpc) is 3.28. The molecular formula is C24H27ClN2O6. The van der Waals surface area contributed by atoms with Crippen LogP contribution in [0.15, 0.2) is 52.3 Å². The van der Waals surface area contributed by atoms with Crippen LogP contribution in [0.4, 0.5) is 0 Å². The zero-order valence-electron chi connectivity index (χ0n) is 19.3. The first kappa shape index (κ1) is 24.5. The van der Waals surface area contributed by atoms with E-state index in [4.69, 9.17) is 30.2 Å².